The minimum atomic E-state index is -5.08. The zero-order valence-electron chi connectivity index (χ0n) is 26.4. The van der Waals surface area contributed by atoms with Gasteiger partial charge in [-0.2, -0.15) is 26.3 Å². The molecule has 1 atom stereocenters. The Kier molecular flexibility index (Phi) is 13.3. The lowest BCUT2D eigenvalue weighted by molar-refractivity contribution is -0.193. The highest BCUT2D eigenvalue weighted by atomic mass is 19.4. The number of nitrogens with zero attached hydrogens (tertiary/aromatic N) is 4. The van der Waals surface area contributed by atoms with Crippen molar-refractivity contribution in [2.24, 2.45) is 7.05 Å². The summed E-state index contributed by atoms with van der Waals surface area (Å²) in [7, 11) is 1.80. The van der Waals surface area contributed by atoms with E-state index in [-0.39, 0.29) is 22.9 Å². The lowest BCUT2D eigenvalue weighted by Crippen LogP contribution is -2.49. The highest BCUT2D eigenvalue weighted by Gasteiger charge is 2.39. The molecule has 1 unspecified atom stereocenters. The number of amides is 2. The summed E-state index contributed by atoms with van der Waals surface area (Å²) in [6.45, 7) is 12.1. The molecular weight excluding hydrogens is 640 g/mol. The van der Waals surface area contributed by atoms with Gasteiger partial charge in [-0.1, -0.05) is 39.0 Å². The van der Waals surface area contributed by atoms with Crippen LogP contribution in [0, 0.1) is 0 Å². The van der Waals surface area contributed by atoms with E-state index in [0.717, 1.165) is 5.56 Å². The van der Waals surface area contributed by atoms with Gasteiger partial charge in [0, 0.05) is 42.4 Å². The standard InChI is InChI=1S/C26H33N5O2.2C2HF3O2/c1-25(2,3)19-10-12-20(13-11-19)31(24(33)21-16-30(7)17-28-21)22(18-9-8-14-27-15-18)23(32)29-26(4,5)6;2*3-2(4,5)1(6)7/h8-17,22H,1-7H3,(H,29,32);2*(H,6,7). The predicted octanol–water partition coefficient (Wildman–Crippen LogP) is 5.68. The number of rotatable bonds is 5. The molecule has 1 aromatic carbocycles. The Labute approximate surface area is 266 Å². The number of aromatic nitrogens is 3. The summed E-state index contributed by atoms with van der Waals surface area (Å²) in [6.07, 6.45) is -3.68. The summed E-state index contributed by atoms with van der Waals surface area (Å²) in [5, 5.41) is 17.3. The number of hydrogen-bond donors (Lipinski definition) is 3. The van der Waals surface area contributed by atoms with E-state index >= 15 is 0 Å². The van der Waals surface area contributed by atoms with Gasteiger partial charge in [-0.3, -0.25) is 19.5 Å². The van der Waals surface area contributed by atoms with Crippen molar-refractivity contribution in [2.45, 2.75) is 70.9 Å². The maximum Gasteiger partial charge on any atom is 0.490 e. The smallest absolute Gasteiger partial charge is 0.475 e. The number of carbonyl (C=O) groups is 4. The first kappa shape index (κ1) is 40.1. The average molecular weight is 676 g/mol. The van der Waals surface area contributed by atoms with Gasteiger partial charge >= 0.3 is 24.3 Å². The van der Waals surface area contributed by atoms with Crippen molar-refractivity contribution in [1.29, 1.82) is 0 Å². The molecule has 0 aliphatic carbocycles. The Bertz CT molecular complexity index is 1490. The van der Waals surface area contributed by atoms with Crippen molar-refractivity contribution in [2.75, 3.05) is 4.90 Å². The molecule has 3 aromatic rings. The number of halogens is 6. The molecule has 3 N–H and O–H groups in total. The number of carbonyl (C=O) groups excluding carboxylic acids is 2. The number of nitrogens with one attached hydrogen (secondary N) is 1. The Balaban J connectivity index is 0.000000658. The number of aryl methyl sites for hydroxylation is 1. The molecule has 258 valence electrons. The zero-order chi connectivity index (χ0) is 36.5. The maximum absolute atomic E-state index is 13.8. The molecule has 0 saturated heterocycles. The lowest BCUT2D eigenvalue weighted by atomic mass is 9.87. The van der Waals surface area contributed by atoms with Crippen molar-refractivity contribution in [1.82, 2.24) is 19.9 Å². The van der Waals surface area contributed by atoms with E-state index in [1.54, 1.807) is 42.6 Å². The van der Waals surface area contributed by atoms with Crippen molar-refractivity contribution in [3.8, 4) is 0 Å². The first-order chi connectivity index (χ1) is 21.3. The molecule has 0 spiro atoms. The monoisotopic (exact) mass is 675 g/mol. The topological polar surface area (TPSA) is 155 Å². The summed E-state index contributed by atoms with van der Waals surface area (Å²) < 4.78 is 65.2. The van der Waals surface area contributed by atoms with Crippen LogP contribution in [0.25, 0.3) is 0 Å². The molecule has 47 heavy (non-hydrogen) atoms. The van der Waals surface area contributed by atoms with Gasteiger partial charge in [0.15, 0.2) is 0 Å². The fourth-order valence-electron chi connectivity index (χ4n) is 3.55. The lowest BCUT2D eigenvalue weighted by Gasteiger charge is -2.33. The van der Waals surface area contributed by atoms with E-state index in [2.05, 4.69) is 36.1 Å². The fraction of sp³-hybridized carbons (Fsp3) is 0.400. The Hall–Kier alpha value is -4.96. The number of carboxylic acids is 2. The van der Waals surface area contributed by atoms with Gasteiger partial charge in [-0.25, -0.2) is 14.6 Å². The first-order valence-electron chi connectivity index (χ1n) is 13.5. The second-order valence-electron chi connectivity index (χ2n) is 11.9. The summed E-state index contributed by atoms with van der Waals surface area (Å²) in [5.74, 6) is -6.17. The maximum atomic E-state index is 13.8. The summed E-state index contributed by atoms with van der Waals surface area (Å²) in [5.41, 5.74) is 2.09. The minimum absolute atomic E-state index is 0.0410. The van der Waals surface area contributed by atoms with Gasteiger partial charge in [-0.05, 0) is 49.9 Å². The molecule has 2 heterocycles. The molecule has 0 bridgehead atoms. The predicted molar refractivity (Wildman–Crippen MR) is 157 cm³/mol. The molecule has 2 amide bonds. The third-order valence-electron chi connectivity index (χ3n) is 5.64. The van der Waals surface area contributed by atoms with Crippen LogP contribution < -0.4 is 10.2 Å². The number of hydrogen-bond acceptors (Lipinski definition) is 6. The molecule has 0 radical (unpaired) electrons. The van der Waals surface area contributed by atoms with E-state index in [0.29, 0.717) is 11.3 Å². The highest BCUT2D eigenvalue weighted by molar-refractivity contribution is 6.09. The normalized spacial score (nSPS) is 12.4. The largest absolute Gasteiger partial charge is 0.490 e. The zero-order valence-corrected chi connectivity index (χ0v) is 26.4. The number of benzene rings is 1. The van der Waals surface area contributed by atoms with Crippen LogP contribution in [0.15, 0.2) is 61.3 Å². The Morgan fingerprint density at radius 2 is 1.34 bits per heavy atom. The van der Waals surface area contributed by atoms with Gasteiger partial charge in [-0.15, -0.1) is 0 Å². The Morgan fingerprint density at radius 1 is 0.851 bits per heavy atom. The number of pyridine rings is 1. The van der Waals surface area contributed by atoms with Crippen LogP contribution in [0.4, 0.5) is 32.0 Å². The number of alkyl halides is 6. The SMILES string of the molecule is Cn1cnc(C(=O)N(c2ccc(C(C)(C)C)cc2)C(C(=O)NC(C)(C)C)c2cccnc2)c1.O=C(O)C(F)(F)F.O=C(O)C(F)(F)F. The molecule has 0 aliphatic rings. The Morgan fingerprint density at radius 3 is 1.68 bits per heavy atom. The second kappa shape index (κ2) is 15.6. The molecule has 0 fully saturated rings. The first-order valence-corrected chi connectivity index (χ1v) is 13.5. The molecule has 2 aromatic heterocycles. The number of aliphatic carboxylic acids is 2. The second-order valence-corrected chi connectivity index (χ2v) is 11.9. The van der Waals surface area contributed by atoms with Crippen molar-refractivity contribution >= 4 is 29.4 Å². The fourth-order valence-corrected chi connectivity index (χ4v) is 3.55. The van der Waals surface area contributed by atoms with Gasteiger partial charge in [0.1, 0.15) is 11.7 Å². The summed E-state index contributed by atoms with van der Waals surface area (Å²) >= 11 is 0. The van der Waals surface area contributed by atoms with Gasteiger partial charge in [0.2, 0.25) is 5.91 Å². The van der Waals surface area contributed by atoms with E-state index < -0.39 is 35.9 Å². The molecule has 3 rings (SSSR count). The van der Waals surface area contributed by atoms with E-state index in [1.165, 1.54) is 4.90 Å². The number of anilines is 1. The van der Waals surface area contributed by atoms with Crippen molar-refractivity contribution in [3.63, 3.8) is 0 Å². The number of imidazole rings is 1. The minimum Gasteiger partial charge on any atom is -0.475 e. The van der Waals surface area contributed by atoms with Crippen LogP contribution in [0.2, 0.25) is 0 Å². The van der Waals surface area contributed by atoms with Gasteiger partial charge in [0.25, 0.3) is 5.91 Å². The van der Waals surface area contributed by atoms with E-state index in [1.807, 2.05) is 51.1 Å². The van der Waals surface area contributed by atoms with Crippen LogP contribution in [-0.4, -0.2) is 66.4 Å². The van der Waals surface area contributed by atoms with Crippen LogP contribution in [-0.2, 0) is 26.8 Å². The van der Waals surface area contributed by atoms with Crippen molar-refractivity contribution in [3.05, 3.63) is 78.1 Å². The third kappa shape index (κ3) is 13.1. The highest BCUT2D eigenvalue weighted by Crippen LogP contribution is 2.32. The molecule has 0 aliphatic heterocycles. The quantitative estimate of drug-likeness (QED) is 0.292. The molecular formula is C30H35F6N5O6. The van der Waals surface area contributed by atoms with Crippen LogP contribution >= 0.6 is 0 Å². The number of carboxylic acid groups (broad SMARTS) is 2. The summed E-state index contributed by atoms with van der Waals surface area (Å²) in [4.78, 5) is 55.1. The van der Waals surface area contributed by atoms with Gasteiger partial charge < -0.3 is 20.1 Å². The third-order valence-corrected chi connectivity index (χ3v) is 5.64. The molecule has 11 nitrogen and oxygen atoms in total. The van der Waals surface area contributed by atoms with E-state index in [4.69, 9.17) is 19.8 Å². The van der Waals surface area contributed by atoms with Crippen LogP contribution in [0.1, 0.15) is 69.2 Å². The van der Waals surface area contributed by atoms with E-state index in [9.17, 15) is 35.9 Å². The van der Waals surface area contributed by atoms with Crippen molar-refractivity contribution < 1.29 is 55.7 Å². The van der Waals surface area contributed by atoms with Crippen LogP contribution in [0.3, 0.4) is 0 Å². The molecule has 0 saturated carbocycles. The summed E-state index contributed by atoms with van der Waals surface area (Å²) in [6, 6.07) is 10.4. The van der Waals surface area contributed by atoms with Gasteiger partial charge in [0.05, 0.1) is 6.33 Å². The van der Waals surface area contributed by atoms with Crippen LogP contribution in [0.5, 0.6) is 0 Å². The average Bonchev–Trinajstić information content (AvgIpc) is 3.36. The molecule has 17 heteroatoms.